The minimum absolute atomic E-state index is 0.0415. The maximum Gasteiger partial charge on any atom is 0.213 e. The van der Waals surface area contributed by atoms with Gasteiger partial charge in [-0.3, -0.25) is 4.90 Å². The Balaban J connectivity index is 1.94. The van der Waals surface area contributed by atoms with Gasteiger partial charge in [0.05, 0.1) is 26.9 Å². The Morgan fingerprint density at radius 3 is 2.80 bits per heavy atom. The van der Waals surface area contributed by atoms with Gasteiger partial charge in [0.25, 0.3) is 0 Å². The number of morpholine rings is 1. The number of hydrogen-bond donors (Lipinski definition) is 2. The van der Waals surface area contributed by atoms with Gasteiger partial charge in [-0.1, -0.05) is 0 Å². The highest BCUT2D eigenvalue weighted by atomic mass is 16.5. The third-order valence-electron chi connectivity index (χ3n) is 4.33. The van der Waals surface area contributed by atoms with E-state index in [0.29, 0.717) is 12.4 Å². The van der Waals surface area contributed by atoms with E-state index in [9.17, 15) is 0 Å². The lowest BCUT2D eigenvalue weighted by Crippen LogP contribution is -2.56. The third-order valence-corrected chi connectivity index (χ3v) is 4.33. The molecule has 2 rings (SSSR count). The number of ether oxygens (including phenoxy) is 2. The molecule has 7 nitrogen and oxygen atoms in total. The average molecular weight is 349 g/mol. The molecule has 0 saturated carbocycles. The number of aromatic nitrogens is 1. The van der Waals surface area contributed by atoms with E-state index in [1.165, 1.54) is 0 Å². The molecule has 1 aliphatic rings. The van der Waals surface area contributed by atoms with Gasteiger partial charge in [-0.05, 0) is 32.4 Å². The first-order valence-corrected chi connectivity index (χ1v) is 8.89. The van der Waals surface area contributed by atoms with Crippen molar-refractivity contribution < 1.29 is 9.47 Å². The van der Waals surface area contributed by atoms with Crippen molar-refractivity contribution in [2.24, 2.45) is 4.99 Å². The van der Waals surface area contributed by atoms with Gasteiger partial charge >= 0.3 is 0 Å². The lowest BCUT2D eigenvalue weighted by Gasteiger charge is -2.41. The maximum absolute atomic E-state index is 5.45. The molecule has 2 N–H and O–H groups in total. The van der Waals surface area contributed by atoms with E-state index in [0.717, 1.165) is 50.9 Å². The summed E-state index contributed by atoms with van der Waals surface area (Å²) in [6.45, 7) is 12.3. The van der Waals surface area contributed by atoms with Crippen molar-refractivity contribution in [1.29, 1.82) is 0 Å². The van der Waals surface area contributed by atoms with E-state index in [4.69, 9.17) is 9.47 Å². The van der Waals surface area contributed by atoms with Gasteiger partial charge in [0.2, 0.25) is 5.88 Å². The summed E-state index contributed by atoms with van der Waals surface area (Å²) in [5.41, 5.74) is 1.11. The summed E-state index contributed by atoms with van der Waals surface area (Å²) in [7, 11) is 1.62. The van der Waals surface area contributed by atoms with Crippen LogP contribution in [0.3, 0.4) is 0 Å². The number of guanidine groups is 1. The first-order valence-electron chi connectivity index (χ1n) is 8.89. The van der Waals surface area contributed by atoms with E-state index >= 15 is 0 Å². The molecule has 1 aromatic heterocycles. The maximum atomic E-state index is 5.45. The van der Waals surface area contributed by atoms with Gasteiger partial charge < -0.3 is 20.1 Å². The standard InChI is InChI=1S/C18H31N5O2/c1-5-19-17(21-13-15-6-7-20-16(12-15)24-4)22-14-18(2,3)23-8-10-25-11-9-23/h6-7,12H,5,8-11,13-14H2,1-4H3,(H2,19,21,22). The Bertz CT molecular complexity index is 556. The monoisotopic (exact) mass is 349 g/mol. The summed E-state index contributed by atoms with van der Waals surface area (Å²) in [4.78, 5) is 11.3. The number of pyridine rings is 1. The fourth-order valence-electron chi connectivity index (χ4n) is 2.75. The van der Waals surface area contributed by atoms with E-state index in [1.54, 1.807) is 13.3 Å². The SMILES string of the molecule is CCNC(=NCc1ccnc(OC)c1)NCC(C)(C)N1CCOCC1. The molecule has 25 heavy (non-hydrogen) atoms. The highest BCUT2D eigenvalue weighted by molar-refractivity contribution is 5.79. The first kappa shape index (κ1) is 19.5. The molecule has 1 saturated heterocycles. The quantitative estimate of drug-likeness (QED) is 0.570. The highest BCUT2D eigenvalue weighted by Crippen LogP contribution is 2.15. The summed E-state index contributed by atoms with van der Waals surface area (Å²) in [5, 5.41) is 6.77. The summed E-state index contributed by atoms with van der Waals surface area (Å²) in [5.74, 6) is 1.43. The molecule has 140 valence electrons. The Kier molecular flexibility index (Phi) is 7.46. The van der Waals surface area contributed by atoms with Crippen molar-refractivity contribution in [2.45, 2.75) is 32.9 Å². The van der Waals surface area contributed by atoms with Crippen LogP contribution in [0.15, 0.2) is 23.3 Å². The van der Waals surface area contributed by atoms with Crippen molar-refractivity contribution in [2.75, 3.05) is 46.5 Å². The Morgan fingerprint density at radius 1 is 1.36 bits per heavy atom. The number of nitrogens with one attached hydrogen (secondary N) is 2. The zero-order chi connectivity index (χ0) is 18.1. The Hall–Kier alpha value is -1.86. The molecule has 0 bridgehead atoms. The predicted octanol–water partition coefficient (Wildman–Crippen LogP) is 1.26. The summed E-state index contributed by atoms with van der Waals surface area (Å²) < 4.78 is 10.6. The van der Waals surface area contributed by atoms with Crippen LogP contribution in [0.2, 0.25) is 0 Å². The number of rotatable bonds is 7. The minimum Gasteiger partial charge on any atom is -0.481 e. The van der Waals surface area contributed by atoms with Crippen LogP contribution >= 0.6 is 0 Å². The molecule has 1 aromatic rings. The molecule has 1 aliphatic heterocycles. The van der Waals surface area contributed by atoms with Crippen LogP contribution in [-0.2, 0) is 11.3 Å². The molecule has 2 heterocycles. The molecular weight excluding hydrogens is 318 g/mol. The first-order chi connectivity index (χ1) is 12.0. The molecule has 0 unspecified atom stereocenters. The van der Waals surface area contributed by atoms with Crippen LogP contribution in [0, 0.1) is 0 Å². The van der Waals surface area contributed by atoms with Crippen molar-refractivity contribution >= 4 is 5.96 Å². The third kappa shape index (κ3) is 6.17. The van der Waals surface area contributed by atoms with E-state index in [2.05, 4.69) is 46.3 Å². The molecular formula is C18H31N5O2. The average Bonchev–Trinajstić information content (AvgIpc) is 2.65. The van der Waals surface area contributed by atoms with Crippen molar-refractivity contribution in [1.82, 2.24) is 20.5 Å². The van der Waals surface area contributed by atoms with Crippen LogP contribution in [0.4, 0.5) is 0 Å². The van der Waals surface area contributed by atoms with E-state index in [-0.39, 0.29) is 5.54 Å². The van der Waals surface area contributed by atoms with Crippen LogP contribution in [0.25, 0.3) is 0 Å². The van der Waals surface area contributed by atoms with E-state index in [1.807, 2.05) is 12.1 Å². The predicted molar refractivity (Wildman–Crippen MR) is 100 cm³/mol. The van der Waals surface area contributed by atoms with E-state index < -0.39 is 0 Å². The molecule has 0 aliphatic carbocycles. The van der Waals surface area contributed by atoms with Crippen LogP contribution in [0.5, 0.6) is 5.88 Å². The summed E-state index contributed by atoms with van der Waals surface area (Å²) in [6, 6.07) is 3.86. The molecule has 0 atom stereocenters. The summed E-state index contributed by atoms with van der Waals surface area (Å²) in [6.07, 6.45) is 1.74. The normalized spacial score (nSPS) is 16.6. The molecule has 0 radical (unpaired) electrons. The molecule has 1 fully saturated rings. The van der Waals surface area contributed by atoms with Crippen LogP contribution < -0.4 is 15.4 Å². The van der Waals surface area contributed by atoms with Gasteiger partial charge in [0.15, 0.2) is 5.96 Å². The van der Waals surface area contributed by atoms with Crippen molar-refractivity contribution in [3.8, 4) is 5.88 Å². The number of aliphatic imine (C=N–C) groups is 1. The molecule has 0 spiro atoms. The molecule has 0 amide bonds. The van der Waals surface area contributed by atoms with Crippen LogP contribution in [-0.4, -0.2) is 67.9 Å². The smallest absolute Gasteiger partial charge is 0.213 e. The number of hydrogen-bond acceptors (Lipinski definition) is 5. The second-order valence-electron chi connectivity index (χ2n) is 6.67. The largest absolute Gasteiger partial charge is 0.481 e. The number of methoxy groups -OCH3 is 1. The summed E-state index contributed by atoms with van der Waals surface area (Å²) >= 11 is 0. The lowest BCUT2D eigenvalue weighted by molar-refractivity contribution is -0.00834. The molecule has 0 aromatic carbocycles. The second-order valence-corrected chi connectivity index (χ2v) is 6.67. The number of nitrogens with zero attached hydrogens (tertiary/aromatic N) is 3. The Morgan fingerprint density at radius 2 is 2.12 bits per heavy atom. The van der Waals surface area contributed by atoms with Crippen LogP contribution in [0.1, 0.15) is 26.3 Å². The second kappa shape index (κ2) is 9.58. The van der Waals surface area contributed by atoms with Crippen molar-refractivity contribution in [3.05, 3.63) is 23.9 Å². The van der Waals surface area contributed by atoms with Gasteiger partial charge in [-0.2, -0.15) is 0 Å². The van der Waals surface area contributed by atoms with Gasteiger partial charge in [0.1, 0.15) is 0 Å². The highest BCUT2D eigenvalue weighted by Gasteiger charge is 2.28. The van der Waals surface area contributed by atoms with Gasteiger partial charge in [-0.15, -0.1) is 0 Å². The van der Waals surface area contributed by atoms with Crippen molar-refractivity contribution in [3.63, 3.8) is 0 Å². The minimum atomic E-state index is 0.0415. The zero-order valence-electron chi connectivity index (χ0n) is 15.8. The lowest BCUT2D eigenvalue weighted by atomic mass is 10.0. The van der Waals surface area contributed by atoms with Gasteiger partial charge in [0, 0.05) is 44.0 Å². The van der Waals surface area contributed by atoms with Gasteiger partial charge in [-0.25, -0.2) is 9.98 Å². The fourth-order valence-corrected chi connectivity index (χ4v) is 2.75. The fraction of sp³-hybridized carbons (Fsp3) is 0.667. The Labute approximate surface area is 150 Å². The zero-order valence-corrected chi connectivity index (χ0v) is 15.8. The molecule has 7 heteroatoms. The topological polar surface area (TPSA) is 71.0 Å².